The van der Waals surface area contributed by atoms with E-state index in [9.17, 15) is 9.59 Å². The minimum Gasteiger partial charge on any atom is -0.479 e. The molecule has 2 unspecified atom stereocenters. The van der Waals surface area contributed by atoms with Crippen LogP contribution in [0.25, 0.3) is 0 Å². The van der Waals surface area contributed by atoms with Gasteiger partial charge in [0.25, 0.3) is 0 Å². The van der Waals surface area contributed by atoms with E-state index < -0.39 is 12.1 Å². The molecule has 2 amide bonds. The van der Waals surface area contributed by atoms with Gasteiger partial charge in [-0.2, -0.15) is 0 Å². The predicted octanol–water partition coefficient (Wildman–Crippen LogP) is -0.748. The summed E-state index contributed by atoms with van der Waals surface area (Å²) in [4.78, 5) is 23.5. The first-order valence-corrected chi connectivity index (χ1v) is 5.51. The summed E-state index contributed by atoms with van der Waals surface area (Å²) in [6.45, 7) is 1.32. The Kier molecular flexibility index (Phi) is 5.17. The van der Waals surface area contributed by atoms with Gasteiger partial charge in [-0.05, 0) is 6.42 Å². The van der Waals surface area contributed by atoms with Crippen LogP contribution in [-0.2, 0) is 9.53 Å². The maximum Gasteiger partial charge on any atom is 0.332 e. The molecule has 1 aliphatic heterocycles. The van der Waals surface area contributed by atoms with Gasteiger partial charge in [0.15, 0.2) is 6.10 Å². The first-order chi connectivity index (χ1) is 8.04. The van der Waals surface area contributed by atoms with Crippen LogP contribution in [0.3, 0.4) is 0 Å². The van der Waals surface area contributed by atoms with Crippen LogP contribution in [0.5, 0.6) is 0 Å². The lowest BCUT2D eigenvalue weighted by Gasteiger charge is -2.17. The number of carboxylic acids is 1. The molecule has 7 nitrogen and oxygen atoms in total. The lowest BCUT2D eigenvalue weighted by molar-refractivity contribution is -0.146. The lowest BCUT2D eigenvalue weighted by Crippen LogP contribution is -2.40. The molecule has 2 atom stereocenters. The molecule has 0 bridgehead atoms. The van der Waals surface area contributed by atoms with Crippen LogP contribution in [0, 0.1) is 0 Å². The summed E-state index contributed by atoms with van der Waals surface area (Å²) in [6, 6.07) is -0.248. The van der Waals surface area contributed by atoms with Gasteiger partial charge in [-0.15, -0.1) is 0 Å². The highest BCUT2D eigenvalue weighted by molar-refractivity contribution is 5.75. The molecule has 1 aliphatic rings. The third-order valence-corrected chi connectivity index (χ3v) is 2.74. The molecule has 0 saturated carbocycles. The number of rotatable bonds is 5. The fourth-order valence-electron chi connectivity index (χ4n) is 1.66. The maximum absolute atomic E-state index is 11.6. The van der Waals surface area contributed by atoms with Crippen molar-refractivity contribution in [1.29, 1.82) is 0 Å². The number of hydrogen-bond donors (Lipinski definition) is 3. The molecule has 1 fully saturated rings. The van der Waals surface area contributed by atoms with Crippen molar-refractivity contribution in [3.8, 4) is 0 Å². The summed E-state index contributed by atoms with van der Waals surface area (Å²) in [6.07, 6.45) is -0.546. The van der Waals surface area contributed by atoms with E-state index in [0.717, 1.165) is 6.42 Å². The number of aliphatic hydroxyl groups excluding tert-OH is 1. The Hall–Kier alpha value is -1.34. The number of nitrogens with one attached hydrogen (secondary N) is 1. The van der Waals surface area contributed by atoms with Gasteiger partial charge < -0.3 is 25.2 Å². The number of hydrogen-bond acceptors (Lipinski definition) is 4. The Morgan fingerprint density at radius 2 is 2.29 bits per heavy atom. The van der Waals surface area contributed by atoms with Crippen molar-refractivity contribution in [3.05, 3.63) is 0 Å². The predicted molar refractivity (Wildman–Crippen MR) is 58.6 cm³/mol. The van der Waals surface area contributed by atoms with Gasteiger partial charge >= 0.3 is 12.0 Å². The van der Waals surface area contributed by atoms with Crippen molar-refractivity contribution >= 4 is 12.0 Å². The van der Waals surface area contributed by atoms with Crippen molar-refractivity contribution < 1.29 is 24.5 Å². The van der Waals surface area contributed by atoms with E-state index in [4.69, 9.17) is 14.9 Å². The van der Waals surface area contributed by atoms with Crippen molar-refractivity contribution in [2.75, 3.05) is 26.7 Å². The number of carbonyl (C=O) groups is 2. The molecule has 0 spiro atoms. The normalized spacial score (nSPS) is 21.3. The summed E-state index contributed by atoms with van der Waals surface area (Å²) < 4.78 is 5.13. The van der Waals surface area contributed by atoms with E-state index in [1.807, 2.05) is 0 Å². The fraction of sp³-hybridized carbons (Fsp3) is 0.800. The van der Waals surface area contributed by atoms with Crippen molar-refractivity contribution in [2.24, 2.45) is 0 Å². The quantitative estimate of drug-likeness (QED) is 0.593. The second-order valence-corrected chi connectivity index (χ2v) is 3.97. The van der Waals surface area contributed by atoms with Gasteiger partial charge in [-0.25, -0.2) is 9.59 Å². The Morgan fingerprint density at radius 3 is 2.82 bits per heavy atom. The summed E-state index contributed by atoms with van der Waals surface area (Å²) >= 11 is 0. The standard InChI is InChI=1S/C10H18N2O5/c1-17-7-3-5-12(6-7)10(16)11-4-2-8(13)9(14)15/h7-8,13H,2-6H2,1H3,(H,11,16)(H,14,15). The van der Waals surface area contributed by atoms with Crippen molar-refractivity contribution in [3.63, 3.8) is 0 Å². The number of urea groups is 1. The van der Waals surface area contributed by atoms with Crippen LogP contribution in [-0.4, -0.2) is 66.1 Å². The number of aliphatic hydroxyl groups is 1. The highest BCUT2D eigenvalue weighted by atomic mass is 16.5. The third-order valence-electron chi connectivity index (χ3n) is 2.74. The molecule has 17 heavy (non-hydrogen) atoms. The largest absolute Gasteiger partial charge is 0.479 e. The average molecular weight is 246 g/mol. The van der Waals surface area contributed by atoms with E-state index in [1.54, 1.807) is 12.0 Å². The number of carbonyl (C=O) groups excluding carboxylic acids is 1. The minimum absolute atomic E-state index is 0.00260. The first-order valence-electron chi connectivity index (χ1n) is 5.51. The summed E-state index contributed by atoms with van der Waals surface area (Å²) in [5.74, 6) is -1.28. The SMILES string of the molecule is COC1CCN(C(=O)NCCC(O)C(=O)O)C1. The first kappa shape index (κ1) is 13.7. The molecule has 0 aromatic carbocycles. The van der Waals surface area contributed by atoms with E-state index >= 15 is 0 Å². The van der Waals surface area contributed by atoms with E-state index in [1.165, 1.54) is 0 Å². The minimum atomic E-state index is -1.43. The van der Waals surface area contributed by atoms with Crippen molar-refractivity contribution in [2.45, 2.75) is 25.0 Å². The van der Waals surface area contributed by atoms with Crippen LogP contribution in [0.2, 0.25) is 0 Å². The van der Waals surface area contributed by atoms with Crippen LogP contribution in [0.15, 0.2) is 0 Å². The number of nitrogens with zero attached hydrogens (tertiary/aromatic N) is 1. The number of likely N-dealkylation sites (tertiary alicyclic amines) is 1. The van der Waals surface area contributed by atoms with Crippen LogP contribution in [0.1, 0.15) is 12.8 Å². The highest BCUT2D eigenvalue weighted by Gasteiger charge is 2.25. The Labute approximate surface area is 99.4 Å². The Morgan fingerprint density at radius 1 is 1.59 bits per heavy atom. The molecule has 3 N–H and O–H groups in total. The number of ether oxygens (including phenoxy) is 1. The molecular weight excluding hydrogens is 228 g/mol. The molecule has 7 heteroatoms. The summed E-state index contributed by atoms with van der Waals surface area (Å²) in [7, 11) is 1.61. The summed E-state index contributed by atoms with van der Waals surface area (Å²) in [5, 5.41) is 20.0. The van der Waals surface area contributed by atoms with Crippen LogP contribution in [0.4, 0.5) is 4.79 Å². The van der Waals surface area contributed by atoms with Gasteiger partial charge in [-0.1, -0.05) is 0 Å². The smallest absolute Gasteiger partial charge is 0.332 e. The average Bonchev–Trinajstić information content (AvgIpc) is 2.77. The van der Waals surface area contributed by atoms with Crippen LogP contribution < -0.4 is 5.32 Å². The highest BCUT2D eigenvalue weighted by Crippen LogP contribution is 2.11. The van der Waals surface area contributed by atoms with Crippen LogP contribution >= 0.6 is 0 Å². The number of amides is 2. The summed E-state index contributed by atoms with van der Waals surface area (Å²) in [5.41, 5.74) is 0. The molecule has 1 rings (SSSR count). The lowest BCUT2D eigenvalue weighted by atomic mass is 10.2. The van der Waals surface area contributed by atoms with Gasteiger partial charge in [-0.3, -0.25) is 0 Å². The molecular formula is C10H18N2O5. The Balaban J connectivity index is 2.20. The zero-order valence-electron chi connectivity index (χ0n) is 9.76. The molecule has 0 aliphatic carbocycles. The molecule has 0 radical (unpaired) electrons. The van der Waals surface area contributed by atoms with Gasteiger partial charge in [0.05, 0.1) is 6.10 Å². The molecule has 0 aromatic heterocycles. The second kappa shape index (κ2) is 6.41. The second-order valence-electron chi connectivity index (χ2n) is 3.97. The fourth-order valence-corrected chi connectivity index (χ4v) is 1.66. The zero-order chi connectivity index (χ0) is 12.8. The topological polar surface area (TPSA) is 99.1 Å². The number of methoxy groups -OCH3 is 1. The molecule has 98 valence electrons. The van der Waals surface area contributed by atoms with Crippen molar-refractivity contribution in [1.82, 2.24) is 10.2 Å². The van der Waals surface area contributed by atoms with Gasteiger partial charge in [0, 0.05) is 33.2 Å². The number of carboxylic acid groups (broad SMARTS) is 1. The Bertz CT molecular complexity index is 284. The number of aliphatic carboxylic acids is 1. The monoisotopic (exact) mass is 246 g/mol. The molecule has 1 heterocycles. The zero-order valence-corrected chi connectivity index (χ0v) is 9.76. The van der Waals surface area contributed by atoms with E-state index in [0.29, 0.717) is 13.1 Å². The third kappa shape index (κ3) is 4.20. The van der Waals surface area contributed by atoms with E-state index in [-0.39, 0.29) is 25.1 Å². The van der Waals surface area contributed by atoms with E-state index in [2.05, 4.69) is 5.32 Å². The van der Waals surface area contributed by atoms with Gasteiger partial charge in [0.1, 0.15) is 0 Å². The molecule has 1 saturated heterocycles. The molecule has 0 aromatic rings. The maximum atomic E-state index is 11.6. The van der Waals surface area contributed by atoms with Gasteiger partial charge in [0.2, 0.25) is 0 Å².